The summed E-state index contributed by atoms with van der Waals surface area (Å²) in [6.07, 6.45) is 7.99. The monoisotopic (exact) mass is 294 g/mol. The summed E-state index contributed by atoms with van der Waals surface area (Å²) >= 11 is 0. The summed E-state index contributed by atoms with van der Waals surface area (Å²) in [4.78, 5) is 32.0. The highest BCUT2D eigenvalue weighted by Gasteiger charge is 2.15. The summed E-state index contributed by atoms with van der Waals surface area (Å²) in [5.41, 5.74) is 3.36. The molecule has 0 bridgehead atoms. The molecule has 1 aliphatic carbocycles. The second-order valence-electron chi connectivity index (χ2n) is 5.61. The predicted molar refractivity (Wildman–Crippen MR) is 83.0 cm³/mol. The van der Waals surface area contributed by atoms with Crippen LogP contribution in [0, 0.1) is 0 Å². The second kappa shape index (κ2) is 6.60. The number of rotatable bonds is 5. The first-order valence-corrected chi connectivity index (χ1v) is 7.69. The van der Waals surface area contributed by atoms with Gasteiger partial charge in [-0.3, -0.25) is 9.59 Å². The van der Waals surface area contributed by atoms with Crippen molar-refractivity contribution in [2.75, 3.05) is 0 Å². The van der Waals surface area contributed by atoms with Gasteiger partial charge in [0.25, 0.3) is 0 Å². The smallest absolute Gasteiger partial charge is 0.200 e. The quantitative estimate of drug-likeness (QED) is 0.794. The lowest BCUT2D eigenvalue weighted by Gasteiger charge is -2.16. The molecule has 0 aliphatic heterocycles. The van der Waals surface area contributed by atoms with Gasteiger partial charge in [-0.15, -0.1) is 0 Å². The van der Waals surface area contributed by atoms with E-state index < -0.39 is 0 Å². The zero-order valence-electron chi connectivity index (χ0n) is 12.4. The van der Waals surface area contributed by atoms with Crippen molar-refractivity contribution in [3.05, 3.63) is 59.2 Å². The molecule has 0 spiro atoms. The van der Waals surface area contributed by atoms with Gasteiger partial charge in [-0.1, -0.05) is 12.1 Å². The lowest BCUT2D eigenvalue weighted by atomic mass is 9.89. The van der Waals surface area contributed by atoms with Gasteiger partial charge < -0.3 is 0 Å². The van der Waals surface area contributed by atoms with Crippen molar-refractivity contribution in [2.45, 2.75) is 38.5 Å². The van der Waals surface area contributed by atoms with E-state index in [1.165, 1.54) is 36.4 Å². The molecule has 0 saturated carbocycles. The zero-order valence-corrected chi connectivity index (χ0v) is 12.4. The first-order chi connectivity index (χ1) is 10.7. The molecular weight excluding hydrogens is 276 g/mol. The van der Waals surface area contributed by atoms with Gasteiger partial charge >= 0.3 is 0 Å². The molecule has 0 radical (unpaired) electrons. The molecule has 3 rings (SSSR count). The maximum Gasteiger partial charge on any atom is 0.200 e. The van der Waals surface area contributed by atoms with Crippen molar-refractivity contribution in [2.24, 2.45) is 0 Å². The van der Waals surface area contributed by atoms with Crippen molar-refractivity contribution in [1.82, 2.24) is 9.97 Å². The summed E-state index contributed by atoms with van der Waals surface area (Å²) < 4.78 is 0. The molecule has 1 aliphatic rings. The number of fused-ring (bicyclic) bond motifs is 1. The minimum Gasteiger partial charge on any atom is -0.294 e. The fourth-order valence-electron chi connectivity index (χ4n) is 2.83. The van der Waals surface area contributed by atoms with E-state index in [4.69, 9.17) is 0 Å². The summed E-state index contributed by atoms with van der Waals surface area (Å²) in [6, 6.07) is 7.61. The van der Waals surface area contributed by atoms with Crippen LogP contribution in [-0.4, -0.2) is 21.5 Å². The summed E-state index contributed by atoms with van der Waals surface area (Å²) in [6.45, 7) is 0. The summed E-state index contributed by atoms with van der Waals surface area (Å²) in [7, 11) is 0. The summed E-state index contributed by atoms with van der Waals surface area (Å²) in [5, 5.41) is 0. The van der Waals surface area contributed by atoms with Gasteiger partial charge in [0.15, 0.2) is 17.4 Å². The first kappa shape index (κ1) is 14.6. The molecule has 112 valence electrons. The Labute approximate surface area is 129 Å². The van der Waals surface area contributed by atoms with Gasteiger partial charge in [-0.05, 0) is 48.9 Å². The second-order valence-corrected chi connectivity index (χ2v) is 5.61. The number of hydrogen-bond acceptors (Lipinski definition) is 4. The van der Waals surface area contributed by atoms with E-state index in [1.54, 1.807) is 6.07 Å². The van der Waals surface area contributed by atoms with Crippen LogP contribution >= 0.6 is 0 Å². The normalized spacial score (nSPS) is 13.5. The standard InChI is InChI=1S/C18H18N2O2/c21-16(8-9-17(22)18-19-10-3-11-20-18)15-7-6-13-4-1-2-5-14(13)12-15/h3,6-7,10-12H,1-2,4-5,8-9H2. The Morgan fingerprint density at radius 3 is 2.36 bits per heavy atom. The van der Waals surface area contributed by atoms with Crippen LogP contribution in [0.25, 0.3) is 0 Å². The number of aromatic nitrogens is 2. The Morgan fingerprint density at radius 1 is 0.909 bits per heavy atom. The molecule has 0 unspecified atom stereocenters. The van der Waals surface area contributed by atoms with Crippen LogP contribution < -0.4 is 0 Å². The van der Waals surface area contributed by atoms with Gasteiger partial charge in [0.1, 0.15) is 0 Å². The summed E-state index contributed by atoms with van der Waals surface area (Å²) in [5.74, 6) is 0.00491. The van der Waals surface area contributed by atoms with Gasteiger partial charge in [0.05, 0.1) is 0 Å². The average Bonchev–Trinajstić information content (AvgIpc) is 2.59. The van der Waals surface area contributed by atoms with Crippen LogP contribution in [0.15, 0.2) is 36.7 Å². The minimum absolute atomic E-state index is 0.0117. The average molecular weight is 294 g/mol. The molecule has 22 heavy (non-hydrogen) atoms. The van der Waals surface area contributed by atoms with E-state index in [0.717, 1.165) is 12.8 Å². The Kier molecular flexibility index (Phi) is 4.37. The van der Waals surface area contributed by atoms with E-state index in [0.29, 0.717) is 5.56 Å². The number of aryl methyl sites for hydroxylation is 2. The Hall–Kier alpha value is -2.36. The predicted octanol–water partition coefficient (Wildman–Crippen LogP) is 3.20. The molecule has 1 aromatic carbocycles. The fraction of sp³-hybridized carbons (Fsp3) is 0.333. The van der Waals surface area contributed by atoms with Crippen molar-refractivity contribution in [3.8, 4) is 0 Å². The van der Waals surface area contributed by atoms with E-state index in [2.05, 4.69) is 16.0 Å². The molecule has 1 aromatic heterocycles. The topological polar surface area (TPSA) is 59.9 Å². The van der Waals surface area contributed by atoms with E-state index in [1.807, 2.05) is 12.1 Å². The van der Waals surface area contributed by atoms with Crippen molar-refractivity contribution in [3.63, 3.8) is 0 Å². The number of hydrogen-bond donors (Lipinski definition) is 0. The molecule has 0 N–H and O–H groups in total. The maximum atomic E-state index is 12.3. The van der Waals surface area contributed by atoms with Crippen LogP contribution in [0.4, 0.5) is 0 Å². The van der Waals surface area contributed by atoms with Gasteiger partial charge in [0.2, 0.25) is 0 Å². The third-order valence-electron chi connectivity index (χ3n) is 4.06. The van der Waals surface area contributed by atoms with Gasteiger partial charge in [-0.25, -0.2) is 9.97 Å². The van der Waals surface area contributed by atoms with E-state index in [-0.39, 0.29) is 30.2 Å². The van der Waals surface area contributed by atoms with E-state index in [9.17, 15) is 9.59 Å². The lowest BCUT2D eigenvalue weighted by Crippen LogP contribution is -2.09. The molecule has 0 amide bonds. The Balaban J connectivity index is 1.64. The Bertz CT molecular complexity index is 695. The van der Waals surface area contributed by atoms with E-state index >= 15 is 0 Å². The first-order valence-electron chi connectivity index (χ1n) is 7.69. The highest BCUT2D eigenvalue weighted by atomic mass is 16.1. The van der Waals surface area contributed by atoms with Crippen LogP contribution in [0.5, 0.6) is 0 Å². The number of nitrogens with zero attached hydrogens (tertiary/aromatic N) is 2. The number of carbonyl (C=O) groups excluding carboxylic acids is 2. The third kappa shape index (κ3) is 3.27. The van der Waals surface area contributed by atoms with Crippen molar-refractivity contribution < 1.29 is 9.59 Å². The molecule has 4 heteroatoms. The van der Waals surface area contributed by atoms with Crippen LogP contribution in [0.2, 0.25) is 0 Å². The zero-order chi connectivity index (χ0) is 15.4. The minimum atomic E-state index is -0.188. The molecule has 0 atom stereocenters. The molecule has 0 saturated heterocycles. The highest BCUT2D eigenvalue weighted by Crippen LogP contribution is 2.23. The lowest BCUT2D eigenvalue weighted by molar-refractivity contribution is 0.0912. The van der Waals surface area contributed by atoms with Crippen LogP contribution in [0.3, 0.4) is 0 Å². The maximum absolute atomic E-state index is 12.3. The largest absolute Gasteiger partial charge is 0.294 e. The molecular formula is C18H18N2O2. The Morgan fingerprint density at radius 2 is 1.59 bits per heavy atom. The van der Waals surface area contributed by atoms with Crippen molar-refractivity contribution in [1.29, 1.82) is 0 Å². The number of Topliss-reactive ketones (excluding diaryl/α,β-unsaturated/α-hetero) is 2. The molecule has 1 heterocycles. The SMILES string of the molecule is O=C(CCC(=O)c1ncccn1)c1ccc2c(c1)CCCC2. The third-order valence-corrected chi connectivity index (χ3v) is 4.06. The number of benzene rings is 1. The highest BCUT2D eigenvalue weighted by molar-refractivity contribution is 6.00. The van der Waals surface area contributed by atoms with Crippen LogP contribution in [-0.2, 0) is 12.8 Å². The molecule has 4 nitrogen and oxygen atoms in total. The van der Waals surface area contributed by atoms with Crippen molar-refractivity contribution >= 4 is 11.6 Å². The molecule has 2 aromatic rings. The number of carbonyl (C=O) groups is 2. The van der Waals surface area contributed by atoms with Gasteiger partial charge in [0, 0.05) is 30.8 Å². The number of ketones is 2. The van der Waals surface area contributed by atoms with Gasteiger partial charge in [-0.2, -0.15) is 0 Å². The van der Waals surface area contributed by atoms with Crippen LogP contribution in [0.1, 0.15) is 57.8 Å². The fourth-order valence-corrected chi connectivity index (χ4v) is 2.83. The molecule has 0 fully saturated rings.